The maximum absolute atomic E-state index is 12.8. The summed E-state index contributed by atoms with van der Waals surface area (Å²) in [5, 5.41) is 2.79. The van der Waals surface area contributed by atoms with Crippen LogP contribution in [0.15, 0.2) is 48.5 Å². The fraction of sp³-hybridized carbons (Fsp3) is 0.440. The molecule has 196 valence electrons. The Hall–Kier alpha value is -2.82. The number of piperidine rings is 1. The Morgan fingerprint density at radius 3 is 2.14 bits per heavy atom. The zero-order valence-electron chi connectivity index (χ0n) is 20.5. The van der Waals surface area contributed by atoms with Crippen molar-refractivity contribution in [3.8, 4) is 11.5 Å². The van der Waals surface area contributed by atoms with Gasteiger partial charge in [-0.15, -0.1) is 12.4 Å². The van der Waals surface area contributed by atoms with Crippen molar-refractivity contribution in [2.24, 2.45) is 0 Å². The van der Waals surface area contributed by atoms with Crippen LogP contribution in [0.2, 0.25) is 0 Å². The predicted molar refractivity (Wildman–Crippen MR) is 141 cm³/mol. The summed E-state index contributed by atoms with van der Waals surface area (Å²) in [7, 11) is -3.32. The molecule has 0 aromatic heterocycles. The summed E-state index contributed by atoms with van der Waals surface area (Å²) in [5.74, 6) is 1.28. The maximum Gasteiger partial charge on any atom is 0.246 e. The number of sulfonamides is 1. The highest BCUT2D eigenvalue weighted by molar-refractivity contribution is 7.92. The van der Waals surface area contributed by atoms with Crippen molar-refractivity contribution in [1.29, 1.82) is 0 Å². The number of likely N-dealkylation sites (tertiary alicyclic amines) is 1. The molecule has 2 saturated heterocycles. The van der Waals surface area contributed by atoms with E-state index >= 15 is 0 Å². The molecule has 9 nitrogen and oxygen atoms in total. The highest BCUT2D eigenvalue weighted by Gasteiger charge is 2.50. The smallest absolute Gasteiger partial charge is 0.246 e. The molecule has 2 aliphatic rings. The zero-order chi connectivity index (χ0) is 25.1. The molecule has 11 heteroatoms. The first-order valence-electron chi connectivity index (χ1n) is 11.8. The molecule has 2 aromatic rings. The molecule has 0 unspecified atom stereocenters. The minimum atomic E-state index is -3.32. The van der Waals surface area contributed by atoms with Gasteiger partial charge in [-0.25, -0.2) is 8.42 Å². The van der Waals surface area contributed by atoms with Gasteiger partial charge in [0.2, 0.25) is 21.8 Å². The van der Waals surface area contributed by atoms with Gasteiger partial charge in [-0.2, -0.15) is 0 Å². The van der Waals surface area contributed by atoms with Crippen molar-refractivity contribution >= 4 is 39.9 Å². The quantitative estimate of drug-likeness (QED) is 0.537. The molecular weight excluding hydrogens is 504 g/mol. The lowest BCUT2D eigenvalue weighted by Gasteiger charge is -2.49. The van der Waals surface area contributed by atoms with Gasteiger partial charge < -0.3 is 15.0 Å². The Bertz CT molecular complexity index is 1160. The van der Waals surface area contributed by atoms with Crippen LogP contribution < -0.4 is 14.8 Å². The van der Waals surface area contributed by atoms with E-state index in [0.717, 1.165) is 37.9 Å². The summed E-state index contributed by atoms with van der Waals surface area (Å²) >= 11 is 0. The number of nitrogens with one attached hydrogen (secondary N) is 2. The maximum atomic E-state index is 12.8. The largest absolute Gasteiger partial charge is 0.457 e. The van der Waals surface area contributed by atoms with Crippen LogP contribution in [-0.4, -0.2) is 68.0 Å². The molecule has 4 rings (SSSR count). The molecule has 2 aliphatic heterocycles. The first kappa shape index (κ1) is 27.8. The van der Waals surface area contributed by atoms with Gasteiger partial charge in [-0.05, 0) is 61.2 Å². The molecule has 2 fully saturated rings. The average molecular weight is 537 g/mol. The number of benzene rings is 2. The molecule has 36 heavy (non-hydrogen) atoms. The van der Waals surface area contributed by atoms with E-state index in [1.807, 2.05) is 31.2 Å². The summed E-state index contributed by atoms with van der Waals surface area (Å²) in [6, 6.07) is 14.5. The second kappa shape index (κ2) is 11.5. The van der Waals surface area contributed by atoms with Crippen molar-refractivity contribution in [2.45, 2.75) is 38.3 Å². The Balaban J connectivity index is 0.00000361. The van der Waals surface area contributed by atoms with Crippen LogP contribution in [0.1, 0.15) is 31.7 Å². The standard InChI is InChI=1S/C25H32N4O5S.ClH/c1-3-14-29-23(30)17-26-24(31)25(29)12-15-28(16-13-25)18-19-4-8-21(9-5-19)34-22-10-6-20(7-11-22)27-35(2,32)33;/h4-11,27H,3,12-18H2,1-2H3,(H,26,31);1H. The van der Waals surface area contributed by atoms with Crippen molar-refractivity contribution in [3.05, 3.63) is 54.1 Å². The third-order valence-electron chi connectivity index (χ3n) is 6.49. The van der Waals surface area contributed by atoms with Crippen molar-refractivity contribution < 1.29 is 22.7 Å². The summed E-state index contributed by atoms with van der Waals surface area (Å²) < 4.78 is 30.9. The van der Waals surface area contributed by atoms with E-state index in [9.17, 15) is 18.0 Å². The number of hydrogen-bond donors (Lipinski definition) is 2. The number of ether oxygens (including phenoxy) is 1. The highest BCUT2D eigenvalue weighted by Crippen LogP contribution is 2.32. The summed E-state index contributed by atoms with van der Waals surface area (Å²) in [6.45, 7) is 4.98. The van der Waals surface area contributed by atoms with Gasteiger partial charge in [0.25, 0.3) is 0 Å². The summed E-state index contributed by atoms with van der Waals surface area (Å²) in [4.78, 5) is 29.4. The monoisotopic (exact) mass is 536 g/mol. The number of carbonyl (C=O) groups is 2. The number of piperazine rings is 1. The van der Waals surface area contributed by atoms with Crippen molar-refractivity contribution in [1.82, 2.24) is 15.1 Å². The number of carbonyl (C=O) groups excluding carboxylic acids is 2. The fourth-order valence-electron chi connectivity index (χ4n) is 4.78. The lowest BCUT2D eigenvalue weighted by molar-refractivity contribution is -0.157. The van der Waals surface area contributed by atoms with Crippen LogP contribution in [0.4, 0.5) is 5.69 Å². The molecule has 2 amide bonds. The Kier molecular flexibility index (Phi) is 8.86. The fourth-order valence-corrected chi connectivity index (χ4v) is 5.34. The first-order chi connectivity index (χ1) is 16.7. The van der Waals surface area contributed by atoms with Gasteiger partial charge in [-0.1, -0.05) is 19.1 Å². The van der Waals surface area contributed by atoms with E-state index in [2.05, 4.69) is 14.9 Å². The van der Waals surface area contributed by atoms with Gasteiger partial charge >= 0.3 is 0 Å². The van der Waals surface area contributed by atoms with Gasteiger partial charge in [-0.3, -0.25) is 19.2 Å². The van der Waals surface area contributed by atoms with Crippen LogP contribution in [0, 0.1) is 0 Å². The second-order valence-electron chi connectivity index (χ2n) is 9.18. The molecule has 0 aliphatic carbocycles. The van der Waals surface area contributed by atoms with E-state index in [4.69, 9.17) is 4.74 Å². The molecule has 0 bridgehead atoms. The predicted octanol–water partition coefficient (Wildman–Crippen LogP) is 2.98. The second-order valence-corrected chi connectivity index (χ2v) is 10.9. The third-order valence-corrected chi connectivity index (χ3v) is 7.10. The summed E-state index contributed by atoms with van der Waals surface area (Å²) in [6.07, 6.45) is 3.21. The highest BCUT2D eigenvalue weighted by atomic mass is 35.5. The molecule has 2 N–H and O–H groups in total. The molecule has 0 atom stereocenters. The molecule has 0 saturated carbocycles. The number of amides is 2. The van der Waals surface area contributed by atoms with E-state index in [-0.39, 0.29) is 30.8 Å². The number of halogens is 1. The summed E-state index contributed by atoms with van der Waals surface area (Å²) in [5.41, 5.74) is 0.897. The van der Waals surface area contributed by atoms with Gasteiger partial charge in [0.15, 0.2) is 0 Å². The lowest BCUT2D eigenvalue weighted by atomic mass is 9.82. The van der Waals surface area contributed by atoms with E-state index in [1.165, 1.54) is 0 Å². The lowest BCUT2D eigenvalue weighted by Crippen LogP contribution is -2.70. The number of anilines is 1. The third kappa shape index (κ3) is 6.48. The van der Waals surface area contributed by atoms with E-state index in [0.29, 0.717) is 36.6 Å². The van der Waals surface area contributed by atoms with Crippen LogP contribution in [-0.2, 0) is 26.2 Å². The minimum Gasteiger partial charge on any atom is -0.457 e. The molecule has 2 heterocycles. The van der Waals surface area contributed by atoms with E-state index in [1.54, 1.807) is 29.2 Å². The number of rotatable bonds is 8. The topological polar surface area (TPSA) is 108 Å². The molecular formula is C25H33ClN4O5S. The molecule has 0 radical (unpaired) electrons. The Morgan fingerprint density at radius 2 is 1.58 bits per heavy atom. The molecule has 2 aromatic carbocycles. The SMILES string of the molecule is CCCN1C(=O)CNC(=O)C12CCN(Cc1ccc(Oc3ccc(NS(C)(=O)=O)cc3)cc1)CC2.Cl. The number of hydrogen-bond acceptors (Lipinski definition) is 6. The van der Waals surface area contributed by atoms with Gasteiger partial charge in [0, 0.05) is 31.9 Å². The van der Waals surface area contributed by atoms with Crippen molar-refractivity contribution in [3.63, 3.8) is 0 Å². The number of nitrogens with zero attached hydrogens (tertiary/aromatic N) is 2. The Morgan fingerprint density at radius 1 is 1.00 bits per heavy atom. The minimum absolute atomic E-state index is 0. The molecule has 1 spiro atoms. The van der Waals surface area contributed by atoms with Crippen LogP contribution in [0.3, 0.4) is 0 Å². The average Bonchev–Trinajstić information content (AvgIpc) is 2.82. The zero-order valence-corrected chi connectivity index (χ0v) is 22.2. The first-order valence-corrected chi connectivity index (χ1v) is 13.7. The Labute approximate surface area is 218 Å². The normalized spacial score (nSPS) is 17.9. The van der Waals surface area contributed by atoms with Crippen molar-refractivity contribution in [2.75, 3.05) is 37.2 Å². The van der Waals surface area contributed by atoms with Gasteiger partial charge in [0.1, 0.15) is 17.0 Å². The van der Waals surface area contributed by atoms with Crippen LogP contribution in [0.5, 0.6) is 11.5 Å². The van der Waals surface area contributed by atoms with Gasteiger partial charge in [0.05, 0.1) is 12.8 Å². The van der Waals surface area contributed by atoms with Crippen LogP contribution in [0.25, 0.3) is 0 Å². The van der Waals surface area contributed by atoms with E-state index < -0.39 is 15.6 Å². The van der Waals surface area contributed by atoms with Crippen LogP contribution >= 0.6 is 12.4 Å².